The Balaban J connectivity index is 1.33. The molecule has 0 bridgehead atoms. The lowest BCUT2D eigenvalue weighted by atomic mass is 9.94. The third-order valence-corrected chi connectivity index (χ3v) is 7.45. The molecule has 3 fully saturated rings. The molecule has 29 heavy (non-hydrogen) atoms. The van der Waals surface area contributed by atoms with Gasteiger partial charge in [0.1, 0.15) is 0 Å². The van der Waals surface area contributed by atoms with Crippen LogP contribution in [0.25, 0.3) is 0 Å². The SMILES string of the molecule is CC(C)C(=O)N1CCC(c2nc(OC(=O)N(C3CCCCC3)C3CC3)cs2)CC1. The van der Waals surface area contributed by atoms with E-state index in [-0.39, 0.29) is 17.9 Å². The molecule has 0 atom stereocenters. The molecule has 7 heteroatoms. The van der Waals surface area contributed by atoms with Crippen LogP contribution >= 0.6 is 11.3 Å². The maximum absolute atomic E-state index is 12.9. The number of hydrogen-bond acceptors (Lipinski definition) is 5. The van der Waals surface area contributed by atoms with Crippen molar-refractivity contribution in [1.29, 1.82) is 0 Å². The van der Waals surface area contributed by atoms with Crippen molar-refractivity contribution in [1.82, 2.24) is 14.8 Å². The van der Waals surface area contributed by atoms with Crippen LogP contribution in [0.5, 0.6) is 5.88 Å². The van der Waals surface area contributed by atoms with Crippen molar-refractivity contribution in [2.45, 2.75) is 89.6 Å². The van der Waals surface area contributed by atoms with E-state index in [1.54, 1.807) is 11.3 Å². The number of aromatic nitrogens is 1. The topological polar surface area (TPSA) is 62.7 Å². The van der Waals surface area contributed by atoms with Gasteiger partial charge < -0.3 is 14.5 Å². The number of amides is 2. The number of ether oxygens (including phenoxy) is 1. The number of rotatable bonds is 5. The summed E-state index contributed by atoms with van der Waals surface area (Å²) in [5.41, 5.74) is 0. The molecule has 160 valence electrons. The van der Waals surface area contributed by atoms with Gasteiger partial charge in [0.25, 0.3) is 0 Å². The second kappa shape index (κ2) is 9.02. The fourth-order valence-corrected chi connectivity index (χ4v) is 5.56. The first-order chi connectivity index (χ1) is 14.0. The Labute approximate surface area is 177 Å². The molecule has 2 amide bonds. The molecular formula is C22H33N3O3S. The zero-order chi connectivity index (χ0) is 20.4. The van der Waals surface area contributed by atoms with Gasteiger partial charge in [-0.1, -0.05) is 33.1 Å². The Kier molecular flexibility index (Phi) is 6.42. The summed E-state index contributed by atoms with van der Waals surface area (Å²) >= 11 is 1.58. The molecule has 0 radical (unpaired) electrons. The highest BCUT2D eigenvalue weighted by molar-refractivity contribution is 7.09. The van der Waals surface area contributed by atoms with Crippen LogP contribution in [0.2, 0.25) is 0 Å². The lowest BCUT2D eigenvalue weighted by Gasteiger charge is -2.33. The van der Waals surface area contributed by atoms with E-state index in [2.05, 4.69) is 4.98 Å². The molecule has 0 N–H and O–H groups in total. The van der Waals surface area contributed by atoms with Crippen LogP contribution in [0.3, 0.4) is 0 Å². The number of carbonyl (C=O) groups is 2. The largest absolute Gasteiger partial charge is 0.417 e. The number of carbonyl (C=O) groups excluding carboxylic acids is 2. The molecular weight excluding hydrogens is 386 g/mol. The summed E-state index contributed by atoms with van der Waals surface area (Å²) in [7, 11) is 0. The Morgan fingerprint density at radius 2 is 1.72 bits per heavy atom. The number of nitrogens with zero attached hydrogens (tertiary/aromatic N) is 3. The van der Waals surface area contributed by atoms with E-state index in [0.717, 1.165) is 56.6 Å². The molecule has 1 aliphatic heterocycles. The van der Waals surface area contributed by atoms with E-state index in [9.17, 15) is 9.59 Å². The van der Waals surface area contributed by atoms with E-state index in [4.69, 9.17) is 4.74 Å². The molecule has 0 spiro atoms. The number of piperidine rings is 1. The van der Waals surface area contributed by atoms with Crippen molar-refractivity contribution in [3.63, 3.8) is 0 Å². The molecule has 0 unspecified atom stereocenters. The first-order valence-corrected chi connectivity index (χ1v) is 12.1. The zero-order valence-corrected chi connectivity index (χ0v) is 18.5. The van der Waals surface area contributed by atoms with Gasteiger partial charge >= 0.3 is 6.09 Å². The van der Waals surface area contributed by atoms with E-state index >= 15 is 0 Å². The minimum atomic E-state index is -0.214. The van der Waals surface area contributed by atoms with Gasteiger partial charge in [0.15, 0.2) is 0 Å². The molecule has 6 nitrogen and oxygen atoms in total. The van der Waals surface area contributed by atoms with Crippen LogP contribution in [0.4, 0.5) is 4.79 Å². The molecule has 1 saturated heterocycles. The van der Waals surface area contributed by atoms with E-state index in [1.807, 2.05) is 29.0 Å². The summed E-state index contributed by atoms with van der Waals surface area (Å²) in [6.45, 7) is 5.48. The van der Waals surface area contributed by atoms with Crippen molar-refractivity contribution in [2.75, 3.05) is 13.1 Å². The fraction of sp³-hybridized carbons (Fsp3) is 0.773. The summed E-state index contributed by atoms with van der Waals surface area (Å²) in [6.07, 6.45) is 9.73. The van der Waals surface area contributed by atoms with E-state index < -0.39 is 0 Å². The zero-order valence-electron chi connectivity index (χ0n) is 17.6. The molecule has 4 rings (SSSR count). The predicted octanol–water partition coefficient (Wildman–Crippen LogP) is 4.80. The molecule has 0 aromatic carbocycles. The Morgan fingerprint density at radius 3 is 2.34 bits per heavy atom. The highest BCUT2D eigenvalue weighted by Crippen LogP contribution is 2.36. The van der Waals surface area contributed by atoms with Crippen LogP contribution < -0.4 is 4.74 Å². The van der Waals surface area contributed by atoms with Gasteiger partial charge in [-0.15, -0.1) is 11.3 Å². The summed E-state index contributed by atoms with van der Waals surface area (Å²) in [6, 6.07) is 0.705. The highest BCUT2D eigenvalue weighted by atomic mass is 32.1. The predicted molar refractivity (Wildman–Crippen MR) is 113 cm³/mol. The van der Waals surface area contributed by atoms with Gasteiger partial charge in [-0.25, -0.2) is 9.78 Å². The molecule has 2 heterocycles. The Morgan fingerprint density at radius 1 is 1.07 bits per heavy atom. The average molecular weight is 420 g/mol. The summed E-state index contributed by atoms with van der Waals surface area (Å²) < 4.78 is 5.72. The second-order valence-corrected chi connectivity index (χ2v) is 9.97. The normalized spacial score (nSPS) is 21.4. The van der Waals surface area contributed by atoms with Gasteiger partial charge in [0, 0.05) is 37.0 Å². The van der Waals surface area contributed by atoms with Gasteiger partial charge in [-0.2, -0.15) is 0 Å². The van der Waals surface area contributed by atoms with Crippen molar-refractivity contribution in [3.8, 4) is 5.88 Å². The minimum Gasteiger partial charge on any atom is -0.390 e. The maximum atomic E-state index is 12.9. The summed E-state index contributed by atoms with van der Waals surface area (Å²) in [5.74, 6) is 1.08. The van der Waals surface area contributed by atoms with Crippen molar-refractivity contribution in [2.24, 2.45) is 5.92 Å². The number of hydrogen-bond donors (Lipinski definition) is 0. The molecule has 2 saturated carbocycles. The van der Waals surface area contributed by atoms with Crippen LogP contribution in [-0.2, 0) is 4.79 Å². The smallest absolute Gasteiger partial charge is 0.390 e. The first-order valence-electron chi connectivity index (χ1n) is 11.3. The highest BCUT2D eigenvalue weighted by Gasteiger charge is 2.39. The van der Waals surface area contributed by atoms with Crippen molar-refractivity contribution >= 4 is 23.3 Å². The lowest BCUT2D eigenvalue weighted by Crippen LogP contribution is -2.44. The fourth-order valence-electron chi connectivity index (χ4n) is 4.67. The van der Waals surface area contributed by atoms with E-state index in [1.165, 1.54) is 19.3 Å². The third-order valence-electron chi connectivity index (χ3n) is 6.46. The van der Waals surface area contributed by atoms with Crippen LogP contribution in [0, 0.1) is 5.92 Å². The van der Waals surface area contributed by atoms with Gasteiger partial charge in [0.05, 0.1) is 10.4 Å². The molecule has 1 aromatic heterocycles. The van der Waals surface area contributed by atoms with Crippen LogP contribution in [0.1, 0.15) is 82.6 Å². The van der Waals surface area contributed by atoms with Crippen LogP contribution in [0.15, 0.2) is 5.38 Å². The molecule has 2 aliphatic carbocycles. The second-order valence-electron chi connectivity index (χ2n) is 9.08. The number of thiazole rings is 1. The van der Waals surface area contributed by atoms with E-state index in [0.29, 0.717) is 23.9 Å². The standard InChI is InChI=1S/C22H33N3O3S/c1-15(2)21(26)24-12-10-16(11-13-24)20-23-19(14-29-20)28-22(27)25(18-8-9-18)17-6-4-3-5-7-17/h14-18H,3-13H2,1-2H3. The Bertz CT molecular complexity index is 717. The average Bonchev–Trinajstić information content (AvgIpc) is 3.45. The van der Waals surface area contributed by atoms with Gasteiger partial charge in [0.2, 0.25) is 11.8 Å². The quantitative estimate of drug-likeness (QED) is 0.688. The minimum absolute atomic E-state index is 0.0519. The monoisotopic (exact) mass is 419 g/mol. The first kappa shape index (κ1) is 20.6. The van der Waals surface area contributed by atoms with Gasteiger partial charge in [-0.05, 0) is 38.5 Å². The third kappa shape index (κ3) is 4.93. The number of likely N-dealkylation sites (tertiary alicyclic amines) is 1. The van der Waals surface area contributed by atoms with Crippen molar-refractivity contribution in [3.05, 3.63) is 10.4 Å². The van der Waals surface area contributed by atoms with Gasteiger partial charge in [-0.3, -0.25) is 4.79 Å². The maximum Gasteiger partial charge on any atom is 0.417 e. The van der Waals surface area contributed by atoms with Crippen molar-refractivity contribution < 1.29 is 14.3 Å². The summed E-state index contributed by atoms with van der Waals surface area (Å²) in [4.78, 5) is 33.7. The molecule has 3 aliphatic rings. The van der Waals surface area contributed by atoms with Crippen LogP contribution in [-0.4, -0.2) is 52.0 Å². The lowest BCUT2D eigenvalue weighted by molar-refractivity contribution is -0.135. The summed E-state index contributed by atoms with van der Waals surface area (Å²) in [5, 5.41) is 2.89. The molecule has 1 aromatic rings. The Hall–Kier alpha value is -1.63.